The average Bonchev–Trinajstić information content (AvgIpc) is 2.41. The maximum absolute atomic E-state index is 10.8. The van der Waals surface area contributed by atoms with Crippen LogP contribution >= 0.6 is 0 Å². The van der Waals surface area contributed by atoms with E-state index in [2.05, 4.69) is 5.10 Å². The van der Waals surface area contributed by atoms with Gasteiger partial charge in [0.1, 0.15) is 11.4 Å². The lowest BCUT2D eigenvalue weighted by atomic mass is 10.2. The van der Waals surface area contributed by atoms with Crippen LogP contribution in [0.4, 0.5) is 5.69 Å². The Kier molecular flexibility index (Phi) is 3.41. The molecule has 0 amide bonds. The Morgan fingerprint density at radius 1 is 1.67 bits per heavy atom. The van der Waals surface area contributed by atoms with Crippen molar-refractivity contribution in [2.45, 2.75) is 39.8 Å². The van der Waals surface area contributed by atoms with Crippen LogP contribution in [0.25, 0.3) is 0 Å². The van der Waals surface area contributed by atoms with Gasteiger partial charge in [0.15, 0.2) is 0 Å². The quantitative estimate of drug-likeness (QED) is 0.598. The van der Waals surface area contributed by atoms with Crippen molar-refractivity contribution in [2.75, 3.05) is 0 Å². The Bertz CT molecular complexity index is 371. The average molecular weight is 213 g/mol. The van der Waals surface area contributed by atoms with E-state index in [9.17, 15) is 15.2 Å². The third kappa shape index (κ3) is 2.33. The molecular weight excluding hydrogens is 198 g/mol. The maximum Gasteiger partial charge on any atom is 0.313 e. The normalized spacial score (nSPS) is 12.8. The van der Waals surface area contributed by atoms with E-state index in [0.29, 0.717) is 17.9 Å². The van der Waals surface area contributed by atoms with Crippen molar-refractivity contribution in [2.24, 2.45) is 0 Å². The third-order valence-electron chi connectivity index (χ3n) is 2.17. The fourth-order valence-electron chi connectivity index (χ4n) is 1.60. The van der Waals surface area contributed by atoms with E-state index < -0.39 is 11.0 Å². The summed E-state index contributed by atoms with van der Waals surface area (Å²) in [5.74, 6) is 0. The molecule has 1 heterocycles. The number of aryl methyl sites for hydroxylation is 2. The van der Waals surface area contributed by atoms with Gasteiger partial charge in [0.25, 0.3) is 0 Å². The molecule has 0 saturated heterocycles. The van der Waals surface area contributed by atoms with Crippen LogP contribution in [0, 0.1) is 17.0 Å². The van der Waals surface area contributed by atoms with Crippen LogP contribution in [0.1, 0.15) is 25.2 Å². The molecule has 0 aliphatic heterocycles. The summed E-state index contributed by atoms with van der Waals surface area (Å²) in [6.45, 7) is 5.64. The Morgan fingerprint density at radius 3 is 2.67 bits per heavy atom. The number of aliphatic hydroxyl groups is 1. The standard InChI is InChI=1S/C9H15N3O3/c1-4-11-8(5-6(2)13)9(12(14)15)7(3)10-11/h6,13H,4-5H2,1-3H3. The minimum absolute atomic E-state index is 0.0257. The number of nitrogens with zero attached hydrogens (tertiary/aromatic N) is 3. The van der Waals surface area contributed by atoms with E-state index in [1.165, 1.54) is 0 Å². The molecule has 6 nitrogen and oxygen atoms in total. The molecule has 1 atom stereocenters. The predicted octanol–water partition coefficient (Wildman–Crippen LogP) is 1.04. The summed E-state index contributed by atoms with van der Waals surface area (Å²) in [4.78, 5) is 10.4. The fraction of sp³-hybridized carbons (Fsp3) is 0.667. The van der Waals surface area contributed by atoms with Gasteiger partial charge in [-0.15, -0.1) is 0 Å². The van der Waals surface area contributed by atoms with E-state index in [1.54, 1.807) is 18.5 Å². The van der Waals surface area contributed by atoms with E-state index in [-0.39, 0.29) is 12.1 Å². The van der Waals surface area contributed by atoms with Crippen molar-refractivity contribution in [3.8, 4) is 0 Å². The van der Waals surface area contributed by atoms with Gasteiger partial charge in [0.05, 0.1) is 11.0 Å². The Balaban J connectivity index is 3.23. The first kappa shape index (κ1) is 11.6. The number of aromatic nitrogens is 2. The molecule has 84 valence electrons. The first-order chi connectivity index (χ1) is 6.97. The van der Waals surface area contributed by atoms with Crippen LogP contribution in [0.5, 0.6) is 0 Å². The lowest BCUT2D eigenvalue weighted by Crippen LogP contribution is -2.12. The first-order valence-corrected chi connectivity index (χ1v) is 4.86. The molecule has 1 N–H and O–H groups in total. The lowest BCUT2D eigenvalue weighted by molar-refractivity contribution is -0.386. The van der Waals surface area contributed by atoms with E-state index in [4.69, 9.17) is 0 Å². The highest BCUT2D eigenvalue weighted by Gasteiger charge is 2.25. The molecule has 0 bridgehead atoms. The third-order valence-corrected chi connectivity index (χ3v) is 2.17. The molecule has 0 fully saturated rings. The summed E-state index contributed by atoms with van der Waals surface area (Å²) in [5.41, 5.74) is 0.922. The number of nitro groups is 1. The summed E-state index contributed by atoms with van der Waals surface area (Å²) in [7, 11) is 0. The van der Waals surface area contributed by atoms with Crippen molar-refractivity contribution < 1.29 is 10.0 Å². The predicted molar refractivity (Wildman–Crippen MR) is 54.7 cm³/mol. The lowest BCUT2D eigenvalue weighted by Gasteiger charge is -2.05. The highest BCUT2D eigenvalue weighted by atomic mass is 16.6. The second kappa shape index (κ2) is 4.39. The Morgan fingerprint density at radius 2 is 2.27 bits per heavy atom. The highest BCUT2D eigenvalue weighted by Crippen LogP contribution is 2.24. The Labute approximate surface area is 87.7 Å². The molecule has 1 aromatic rings. The summed E-state index contributed by atoms with van der Waals surface area (Å²) in [6.07, 6.45) is -0.351. The van der Waals surface area contributed by atoms with Crippen LogP contribution in [-0.4, -0.2) is 25.9 Å². The van der Waals surface area contributed by atoms with Crippen molar-refractivity contribution in [3.63, 3.8) is 0 Å². The second-order valence-corrected chi connectivity index (χ2v) is 3.51. The van der Waals surface area contributed by atoms with Gasteiger partial charge in [-0.2, -0.15) is 5.10 Å². The molecule has 1 aromatic heterocycles. The molecule has 0 aliphatic rings. The zero-order valence-corrected chi connectivity index (χ0v) is 9.10. The molecular formula is C9H15N3O3. The minimum Gasteiger partial charge on any atom is -0.393 e. The molecule has 0 spiro atoms. The molecule has 0 saturated carbocycles. The monoisotopic (exact) mass is 213 g/mol. The summed E-state index contributed by atoms with van der Waals surface area (Å²) in [6, 6.07) is 0. The maximum atomic E-state index is 10.8. The highest BCUT2D eigenvalue weighted by molar-refractivity contribution is 5.40. The van der Waals surface area contributed by atoms with E-state index in [1.807, 2.05) is 6.92 Å². The number of rotatable bonds is 4. The zero-order valence-electron chi connectivity index (χ0n) is 9.10. The second-order valence-electron chi connectivity index (χ2n) is 3.51. The molecule has 0 aromatic carbocycles. The SMILES string of the molecule is CCn1nc(C)c([N+](=O)[O-])c1CC(C)O. The van der Waals surface area contributed by atoms with Crippen LogP contribution in [0.3, 0.4) is 0 Å². The topological polar surface area (TPSA) is 81.2 Å². The number of aliphatic hydroxyl groups excluding tert-OH is 1. The van der Waals surface area contributed by atoms with E-state index in [0.717, 1.165) is 0 Å². The molecule has 1 rings (SSSR count). The van der Waals surface area contributed by atoms with Crippen LogP contribution in [-0.2, 0) is 13.0 Å². The summed E-state index contributed by atoms with van der Waals surface area (Å²) < 4.78 is 1.57. The van der Waals surface area contributed by atoms with Crippen LogP contribution in [0.2, 0.25) is 0 Å². The zero-order chi connectivity index (χ0) is 11.6. The number of hydrogen-bond acceptors (Lipinski definition) is 4. The van der Waals surface area contributed by atoms with Gasteiger partial charge in [0.2, 0.25) is 0 Å². The van der Waals surface area contributed by atoms with Crippen molar-refractivity contribution in [1.82, 2.24) is 9.78 Å². The molecule has 6 heteroatoms. The minimum atomic E-state index is -0.606. The van der Waals surface area contributed by atoms with Crippen molar-refractivity contribution >= 4 is 5.69 Å². The van der Waals surface area contributed by atoms with Gasteiger partial charge >= 0.3 is 5.69 Å². The van der Waals surface area contributed by atoms with Gasteiger partial charge < -0.3 is 5.11 Å². The van der Waals surface area contributed by atoms with Gasteiger partial charge in [-0.05, 0) is 20.8 Å². The first-order valence-electron chi connectivity index (χ1n) is 4.86. The summed E-state index contributed by atoms with van der Waals surface area (Å²) >= 11 is 0. The van der Waals surface area contributed by atoms with Gasteiger partial charge in [-0.3, -0.25) is 14.8 Å². The Hall–Kier alpha value is -1.43. The smallest absolute Gasteiger partial charge is 0.313 e. The fourth-order valence-corrected chi connectivity index (χ4v) is 1.60. The van der Waals surface area contributed by atoms with E-state index >= 15 is 0 Å². The van der Waals surface area contributed by atoms with Gasteiger partial charge in [-0.1, -0.05) is 0 Å². The van der Waals surface area contributed by atoms with Crippen LogP contribution < -0.4 is 0 Å². The van der Waals surface area contributed by atoms with Crippen molar-refractivity contribution in [1.29, 1.82) is 0 Å². The van der Waals surface area contributed by atoms with Gasteiger partial charge in [-0.25, -0.2) is 0 Å². The van der Waals surface area contributed by atoms with Crippen LogP contribution in [0.15, 0.2) is 0 Å². The van der Waals surface area contributed by atoms with Crippen molar-refractivity contribution in [3.05, 3.63) is 21.5 Å². The molecule has 0 radical (unpaired) electrons. The van der Waals surface area contributed by atoms with Gasteiger partial charge in [0, 0.05) is 13.0 Å². The summed E-state index contributed by atoms with van der Waals surface area (Å²) in [5, 5.41) is 24.2. The molecule has 1 unspecified atom stereocenters. The molecule has 15 heavy (non-hydrogen) atoms. The largest absolute Gasteiger partial charge is 0.393 e. The number of hydrogen-bond donors (Lipinski definition) is 1. The molecule has 0 aliphatic carbocycles.